The van der Waals surface area contributed by atoms with E-state index < -0.39 is 5.97 Å². The van der Waals surface area contributed by atoms with Crippen LogP contribution in [0.3, 0.4) is 0 Å². The molecule has 0 bridgehead atoms. The number of esters is 1. The van der Waals surface area contributed by atoms with Gasteiger partial charge in [-0.1, -0.05) is 24.9 Å². The highest BCUT2D eigenvalue weighted by Crippen LogP contribution is 2.20. The van der Waals surface area contributed by atoms with Gasteiger partial charge in [-0.25, -0.2) is 4.79 Å². The van der Waals surface area contributed by atoms with Crippen LogP contribution in [0.25, 0.3) is 0 Å². The van der Waals surface area contributed by atoms with Crippen molar-refractivity contribution in [1.82, 2.24) is 5.32 Å². The van der Waals surface area contributed by atoms with Gasteiger partial charge >= 0.3 is 5.97 Å². The standard InChI is InChI=1S/C13H19ClN2O2/c1-3-4-10(16-2)8-18-13(17)11-6-5-9(15)7-12(11)14/h5-7,10,16H,3-4,8,15H2,1-2H3. The predicted molar refractivity (Wildman–Crippen MR) is 73.9 cm³/mol. The van der Waals surface area contributed by atoms with Crippen LogP contribution in [0.2, 0.25) is 5.02 Å². The normalized spacial score (nSPS) is 12.2. The molecule has 0 fully saturated rings. The Morgan fingerprint density at radius 2 is 2.28 bits per heavy atom. The summed E-state index contributed by atoms with van der Waals surface area (Å²) in [5.74, 6) is -0.420. The van der Waals surface area contributed by atoms with E-state index in [2.05, 4.69) is 12.2 Å². The van der Waals surface area contributed by atoms with E-state index in [-0.39, 0.29) is 6.04 Å². The number of anilines is 1. The molecule has 1 atom stereocenters. The number of nitrogens with two attached hydrogens (primary N) is 1. The van der Waals surface area contributed by atoms with Gasteiger partial charge in [0.15, 0.2) is 0 Å². The number of carbonyl (C=O) groups is 1. The fraction of sp³-hybridized carbons (Fsp3) is 0.462. The third-order valence-electron chi connectivity index (χ3n) is 2.67. The zero-order valence-corrected chi connectivity index (χ0v) is 11.5. The van der Waals surface area contributed by atoms with Gasteiger partial charge in [0.25, 0.3) is 0 Å². The van der Waals surface area contributed by atoms with Crippen LogP contribution in [0.5, 0.6) is 0 Å². The zero-order chi connectivity index (χ0) is 13.5. The van der Waals surface area contributed by atoms with Crippen LogP contribution in [0.4, 0.5) is 5.69 Å². The fourth-order valence-corrected chi connectivity index (χ4v) is 1.88. The first-order chi connectivity index (χ1) is 8.58. The molecule has 100 valence electrons. The van der Waals surface area contributed by atoms with Gasteiger partial charge in [0.2, 0.25) is 0 Å². The summed E-state index contributed by atoms with van der Waals surface area (Å²) in [5, 5.41) is 3.42. The second-order valence-corrected chi connectivity index (χ2v) is 4.52. The molecule has 0 amide bonds. The summed E-state index contributed by atoms with van der Waals surface area (Å²) in [4.78, 5) is 11.8. The third-order valence-corrected chi connectivity index (χ3v) is 2.99. The summed E-state index contributed by atoms with van der Waals surface area (Å²) in [7, 11) is 1.85. The third kappa shape index (κ3) is 4.20. The first kappa shape index (κ1) is 14.8. The Labute approximate surface area is 112 Å². The number of carbonyl (C=O) groups excluding carboxylic acids is 1. The summed E-state index contributed by atoms with van der Waals surface area (Å²) in [5.41, 5.74) is 6.43. The van der Waals surface area contributed by atoms with Gasteiger partial charge in [-0.3, -0.25) is 0 Å². The van der Waals surface area contributed by atoms with Crippen molar-refractivity contribution in [3.8, 4) is 0 Å². The van der Waals surface area contributed by atoms with Gasteiger partial charge in [-0.2, -0.15) is 0 Å². The molecule has 0 saturated carbocycles. The van der Waals surface area contributed by atoms with Gasteiger partial charge in [0, 0.05) is 11.7 Å². The number of rotatable bonds is 6. The monoisotopic (exact) mass is 270 g/mol. The van der Waals surface area contributed by atoms with Gasteiger partial charge in [0.05, 0.1) is 10.6 Å². The quantitative estimate of drug-likeness (QED) is 0.616. The lowest BCUT2D eigenvalue weighted by Crippen LogP contribution is -2.31. The molecule has 1 aromatic rings. The predicted octanol–water partition coefficient (Wildman–Crippen LogP) is 2.47. The first-order valence-corrected chi connectivity index (χ1v) is 6.35. The highest BCUT2D eigenvalue weighted by Gasteiger charge is 2.14. The topological polar surface area (TPSA) is 64.3 Å². The van der Waals surface area contributed by atoms with Crippen molar-refractivity contribution in [3.63, 3.8) is 0 Å². The van der Waals surface area contributed by atoms with E-state index in [9.17, 15) is 4.79 Å². The Hall–Kier alpha value is -1.26. The Balaban J connectivity index is 2.59. The van der Waals surface area contributed by atoms with Gasteiger partial charge < -0.3 is 15.8 Å². The van der Waals surface area contributed by atoms with Crippen molar-refractivity contribution >= 4 is 23.3 Å². The van der Waals surface area contributed by atoms with E-state index in [1.165, 1.54) is 0 Å². The maximum Gasteiger partial charge on any atom is 0.339 e. The van der Waals surface area contributed by atoms with Crippen molar-refractivity contribution in [3.05, 3.63) is 28.8 Å². The second kappa shape index (κ2) is 7.24. The van der Waals surface area contributed by atoms with E-state index in [4.69, 9.17) is 22.1 Å². The molecule has 0 aromatic heterocycles. The zero-order valence-electron chi connectivity index (χ0n) is 10.7. The number of likely N-dealkylation sites (N-methyl/N-ethyl adjacent to an activating group) is 1. The molecular formula is C13H19ClN2O2. The van der Waals surface area contributed by atoms with Crippen LogP contribution in [-0.2, 0) is 4.74 Å². The molecular weight excluding hydrogens is 252 g/mol. The summed E-state index contributed by atoms with van der Waals surface area (Å²) in [6, 6.07) is 4.92. The number of benzene rings is 1. The lowest BCUT2D eigenvalue weighted by Gasteiger charge is -2.15. The van der Waals surface area contributed by atoms with Crippen LogP contribution in [0, 0.1) is 0 Å². The van der Waals surface area contributed by atoms with Gasteiger partial charge in [-0.15, -0.1) is 0 Å². The number of nitrogens with one attached hydrogen (secondary N) is 1. The summed E-state index contributed by atoms with van der Waals surface area (Å²) in [6.07, 6.45) is 1.99. The first-order valence-electron chi connectivity index (χ1n) is 5.97. The molecule has 0 spiro atoms. The van der Waals surface area contributed by atoms with Crippen LogP contribution in [0.15, 0.2) is 18.2 Å². The minimum absolute atomic E-state index is 0.173. The molecule has 1 unspecified atom stereocenters. The van der Waals surface area contributed by atoms with E-state index >= 15 is 0 Å². The van der Waals surface area contributed by atoms with Crippen LogP contribution in [0.1, 0.15) is 30.1 Å². The van der Waals surface area contributed by atoms with Crippen molar-refractivity contribution in [2.75, 3.05) is 19.4 Å². The van der Waals surface area contributed by atoms with Crippen LogP contribution in [-0.4, -0.2) is 25.7 Å². The summed E-state index contributed by atoms with van der Waals surface area (Å²) < 4.78 is 5.23. The minimum atomic E-state index is -0.420. The highest BCUT2D eigenvalue weighted by atomic mass is 35.5. The van der Waals surface area contributed by atoms with Crippen LogP contribution >= 0.6 is 11.6 Å². The molecule has 18 heavy (non-hydrogen) atoms. The number of halogens is 1. The summed E-state index contributed by atoms with van der Waals surface area (Å²) >= 11 is 5.94. The number of hydrogen-bond acceptors (Lipinski definition) is 4. The fourth-order valence-electron chi connectivity index (χ4n) is 1.61. The Morgan fingerprint density at radius 1 is 1.56 bits per heavy atom. The molecule has 3 N–H and O–H groups in total. The molecule has 1 rings (SSSR count). The van der Waals surface area contributed by atoms with Gasteiger partial charge in [-0.05, 0) is 31.7 Å². The van der Waals surface area contributed by atoms with Gasteiger partial charge in [0.1, 0.15) is 6.61 Å². The average molecular weight is 271 g/mol. The van der Waals surface area contributed by atoms with Crippen LogP contribution < -0.4 is 11.1 Å². The SMILES string of the molecule is CCCC(COC(=O)c1ccc(N)cc1Cl)NC. The van der Waals surface area contributed by atoms with E-state index in [0.29, 0.717) is 22.9 Å². The molecule has 0 aliphatic carbocycles. The minimum Gasteiger partial charge on any atom is -0.460 e. The van der Waals surface area contributed by atoms with Crippen molar-refractivity contribution < 1.29 is 9.53 Å². The Morgan fingerprint density at radius 3 is 2.83 bits per heavy atom. The smallest absolute Gasteiger partial charge is 0.339 e. The number of nitrogen functional groups attached to an aromatic ring is 1. The summed E-state index contributed by atoms with van der Waals surface area (Å²) in [6.45, 7) is 2.42. The average Bonchev–Trinajstić information content (AvgIpc) is 2.34. The van der Waals surface area contributed by atoms with E-state index in [1.54, 1.807) is 18.2 Å². The largest absolute Gasteiger partial charge is 0.460 e. The second-order valence-electron chi connectivity index (χ2n) is 4.11. The van der Waals surface area contributed by atoms with E-state index in [0.717, 1.165) is 12.8 Å². The molecule has 0 saturated heterocycles. The molecule has 0 aliphatic rings. The molecule has 0 radical (unpaired) electrons. The highest BCUT2D eigenvalue weighted by molar-refractivity contribution is 6.33. The maximum atomic E-state index is 11.8. The van der Waals surface area contributed by atoms with Crippen molar-refractivity contribution in [2.45, 2.75) is 25.8 Å². The molecule has 1 aromatic carbocycles. The number of ether oxygens (including phenoxy) is 1. The maximum absolute atomic E-state index is 11.8. The lowest BCUT2D eigenvalue weighted by molar-refractivity contribution is 0.0464. The van der Waals surface area contributed by atoms with Crippen molar-refractivity contribution in [2.24, 2.45) is 0 Å². The Bertz CT molecular complexity index is 410. The molecule has 4 nitrogen and oxygen atoms in total. The van der Waals surface area contributed by atoms with Crippen molar-refractivity contribution in [1.29, 1.82) is 0 Å². The number of hydrogen-bond donors (Lipinski definition) is 2. The molecule has 0 heterocycles. The lowest BCUT2D eigenvalue weighted by atomic mass is 10.2. The van der Waals surface area contributed by atoms with E-state index in [1.807, 2.05) is 7.05 Å². The molecule has 5 heteroatoms. The molecule has 0 aliphatic heterocycles. The Kier molecular flexibility index (Phi) is 5.95.